The Balaban J connectivity index is 1.85. The van der Waals surface area contributed by atoms with Crippen LogP contribution in [0.3, 0.4) is 0 Å². The van der Waals surface area contributed by atoms with Crippen molar-refractivity contribution in [1.29, 1.82) is 0 Å². The standard InChI is InChI=1S/C9H7.C8H13Si.C8H8.Zr/c1-2-5-9-7-3-6-8(9)4-1;1-9(2,3)8-6-4-5-7-8;1-2-8-6-4-3-5-7-8;/h1-7H;6-7H,4H2,1-3H3;3-7H,1H3;. The molecule has 2 aromatic carbocycles. The van der Waals surface area contributed by atoms with Gasteiger partial charge in [-0.05, 0) is 0 Å². The first-order valence-corrected chi connectivity index (χ1v) is 17.3. The molecule has 1 atom stereocenters. The summed E-state index contributed by atoms with van der Waals surface area (Å²) < 4.78 is 4.09. The van der Waals surface area contributed by atoms with E-state index in [9.17, 15) is 0 Å². The molecular formula is C25H28SiZr. The Morgan fingerprint density at radius 2 is 1.67 bits per heavy atom. The van der Waals surface area contributed by atoms with Crippen LogP contribution in [0, 0.1) is 0 Å². The zero-order chi connectivity index (χ0) is 19.0. The molecular weight excluding hydrogens is 420 g/mol. The molecule has 0 fully saturated rings. The second kappa shape index (κ2) is 7.57. The molecule has 2 aromatic rings. The van der Waals surface area contributed by atoms with Crippen LogP contribution in [-0.4, -0.2) is 11.3 Å². The molecule has 0 nitrogen and oxygen atoms in total. The van der Waals surface area contributed by atoms with E-state index in [4.69, 9.17) is 0 Å². The van der Waals surface area contributed by atoms with Crippen molar-refractivity contribution < 1.29 is 21.3 Å². The van der Waals surface area contributed by atoms with Crippen molar-refractivity contribution in [1.82, 2.24) is 0 Å². The number of hydrogen-bond donors (Lipinski definition) is 0. The molecule has 136 valence electrons. The molecule has 0 bridgehead atoms. The maximum atomic E-state index is 2.63. The van der Waals surface area contributed by atoms with Crippen LogP contribution in [0.15, 0.2) is 81.3 Å². The van der Waals surface area contributed by atoms with E-state index in [0.29, 0.717) is 3.63 Å². The van der Waals surface area contributed by atoms with E-state index in [-0.39, 0.29) is 0 Å². The molecule has 27 heavy (non-hydrogen) atoms. The van der Waals surface area contributed by atoms with Gasteiger partial charge in [-0.3, -0.25) is 0 Å². The minimum atomic E-state index is -2.08. The van der Waals surface area contributed by atoms with Gasteiger partial charge in [0.25, 0.3) is 0 Å². The summed E-state index contributed by atoms with van der Waals surface area (Å²) in [5.41, 5.74) is 4.44. The van der Waals surface area contributed by atoms with Crippen LogP contribution >= 0.6 is 0 Å². The number of fused-ring (bicyclic) bond motifs is 1. The molecule has 0 aromatic heterocycles. The van der Waals surface area contributed by atoms with Gasteiger partial charge < -0.3 is 0 Å². The number of allylic oxidation sites excluding steroid dienone is 5. The number of hydrogen-bond acceptors (Lipinski definition) is 0. The first kappa shape index (κ1) is 19.0. The van der Waals surface area contributed by atoms with Crippen LogP contribution in [0.5, 0.6) is 0 Å². The van der Waals surface area contributed by atoms with Gasteiger partial charge in [-0.25, -0.2) is 0 Å². The molecule has 0 aliphatic heterocycles. The zero-order valence-corrected chi connectivity index (χ0v) is 20.2. The molecule has 0 N–H and O–H groups in total. The summed E-state index contributed by atoms with van der Waals surface area (Å²) in [6.07, 6.45) is 11.2. The topological polar surface area (TPSA) is 0 Å². The van der Waals surface area contributed by atoms with Gasteiger partial charge in [0.15, 0.2) is 0 Å². The quantitative estimate of drug-likeness (QED) is 0.457. The molecule has 2 aliphatic rings. The van der Waals surface area contributed by atoms with E-state index in [2.05, 4.69) is 105 Å². The van der Waals surface area contributed by atoms with E-state index in [1.807, 2.05) is 0 Å². The fourth-order valence-corrected chi connectivity index (χ4v) is 14.1. The summed E-state index contributed by atoms with van der Waals surface area (Å²) in [5, 5.41) is 1.66. The summed E-state index contributed by atoms with van der Waals surface area (Å²) >= 11 is -2.08. The Hall–Kier alpha value is -1.37. The molecule has 0 heterocycles. The average Bonchev–Trinajstić information content (AvgIpc) is 3.31. The van der Waals surface area contributed by atoms with Gasteiger partial charge in [0.05, 0.1) is 0 Å². The molecule has 1 unspecified atom stereocenters. The van der Waals surface area contributed by atoms with Crippen molar-refractivity contribution in [3.8, 4) is 0 Å². The van der Waals surface area contributed by atoms with Gasteiger partial charge >= 0.3 is 173 Å². The monoisotopic (exact) mass is 446 g/mol. The second-order valence-corrected chi connectivity index (χ2v) is 20.7. The summed E-state index contributed by atoms with van der Waals surface area (Å²) in [5.74, 6) is 0. The molecule has 2 aliphatic carbocycles. The Labute approximate surface area is 172 Å². The molecule has 0 saturated carbocycles. The maximum absolute atomic E-state index is 2.63. The second-order valence-electron chi connectivity index (χ2n) is 8.65. The van der Waals surface area contributed by atoms with Crippen molar-refractivity contribution in [2.24, 2.45) is 0 Å². The van der Waals surface area contributed by atoms with E-state index in [1.165, 1.54) is 17.5 Å². The van der Waals surface area contributed by atoms with Gasteiger partial charge in [0.2, 0.25) is 0 Å². The van der Waals surface area contributed by atoms with Crippen LogP contribution in [0.25, 0.3) is 6.08 Å². The van der Waals surface area contributed by atoms with Crippen molar-refractivity contribution in [3.63, 3.8) is 0 Å². The van der Waals surface area contributed by atoms with Gasteiger partial charge in [0, 0.05) is 0 Å². The Morgan fingerprint density at radius 1 is 0.963 bits per heavy atom. The molecule has 0 radical (unpaired) electrons. The van der Waals surface area contributed by atoms with Crippen molar-refractivity contribution >= 4 is 17.4 Å². The Kier molecular flexibility index (Phi) is 5.32. The third kappa shape index (κ3) is 3.80. The first-order chi connectivity index (χ1) is 12.9. The average molecular weight is 448 g/mol. The van der Waals surface area contributed by atoms with E-state index >= 15 is 0 Å². The van der Waals surface area contributed by atoms with E-state index < -0.39 is 29.3 Å². The van der Waals surface area contributed by atoms with E-state index in [1.54, 1.807) is 17.2 Å². The first-order valence-electron chi connectivity index (χ1n) is 9.90. The molecule has 0 saturated heterocycles. The van der Waals surface area contributed by atoms with Gasteiger partial charge in [0.1, 0.15) is 0 Å². The summed E-state index contributed by atoms with van der Waals surface area (Å²) in [7, 11) is -1.25. The molecule has 0 amide bonds. The summed E-state index contributed by atoms with van der Waals surface area (Å²) in [4.78, 5) is 0. The molecule has 4 rings (SSSR count). The minimum absolute atomic E-state index is 0.629. The third-order valence-electron chi connectivity index (χ3n) is 5.80. The zero-order valence-electron chi connectivity index (χ0n) is 16.8. The van der Waals surface area contributed by atoms with Crippen LogP contribution < -0.4 is 0 Å². The SMILES string of the molecule is C/[C](c1ccccc1)=[Zr](/[C]1=CC([Si](C)(C)C)=CC1)[CH]1C=Cc2ccccc21. The number of rotatable bonds is 4. The predicted molar refractivity (Wildman–Crippen MR) is 119 cm³/mol. The Morgan fingerprint density at radius 3 is 2.37 bits per heavy atom. The van der Waals surface area contributed by atoms with Gasteiger partial charge in [-0.15, -0.1) is 0 Å². The normalized spacial score (nSPS) is 19.5. The van der Waals surface area contributed by atoms with Crippen LogP contribution in [0.2, 0.25) is 19.6 Å². The van der Waals surface area contributed by atoms with Crippen molar-refractivity contribution in [3.05, 3.63) is 98.0 Å². The van der Waals surface area contributed by atoms with Crippen LogP contribution in [-0.2, 0) is 21.3 Å². The fourth-order valence-electron chi connectivity index (χ4n) is 4.25. The van der Waals surface area contributed by atoms with Gasteiger partial charge in [-0.1, -0.05) is 0 Å². The van der Waals surface area contributed by atoms with Crippen molar-refractivity contribution in [2.45, 2.75) is 36.6 Å². The molecule has 0 spiro atoms. The van der Waals surface area contributed by atoms with Crippen molar-refractivity contribution in [2.75, 3.05) is 0 Å². The summed E-state index contributed by atoms with van der Waals surface area (Å²) in [6.45, 7) is 9.84. The van der Waals surface area contributed by atoms with E-state index in [0.717, 1.165) is 0 Å². The molecule has 2 heteroatoms. The number of benzene rings is 2. The predicted octanol–water partition coefficient (Wildman–Crippen LogP) is 6.70. The third-order valence-corrected chi connectivity index (χ3v) is 15.9. The Bertz CT molecular complexity index is 984. The van der Waals surface area contributed by atoms with Crippen LogP contribution in [0.4, 0.5) is 0 Å². The van der Waals surface area contributed by atoms with Crippen LogP contribution in [0.1, 0.15) is 33.7 Å². The van der Waals surface area contributed by atoms with Gasteiger partial charge in [-0.2, -0.15) is 0 Å². The summed E-state index contributed by atoms with van der Waals surface area (Å²) in [6, 6.07) is 20.1. The fraction of sp³-hybridized carbons (Fsp3) is 0.240.